The molecule has 0 atom stereocenters. The molecular formula is C10H15N3OS. The van der Waals surface area contributed by atoms with Gasteiger partial charge in [-0.05, 0) is 31.3 Å². The van der Waals surface area contributed by atoms with Crippen LogP contribution in [0.4, 0.5) is 0 Å². The summed E-state index contributed by atoms with van der Waals surface area (Å²) in [6, 6.07) is 0. The number of aryl methyl sites for hydroxylation is 1. The molecule has 15 heavy (non-hydrogen) atoms. The summed E-state index contributed by atoms with van der Waals surface area (Å²) in [6.07, 6.45) is 4.72. The van der Waals surface area contributed by atoms with Crippen LogP contribution < -0.4 is 0 Å². The van der Waals surface area contributed by atoms with E-state index in [1.165, 1.54) is 24.4 Å². The predicted molar refractivity (Wildman–Crippen MR) is 59.0 cm³/mol. The summed E-state index contributed by atoms with van der Waals surface area (Å²) >= 11 is 1.21. The van der Waals surface area contributed by atoms with E-state index in [1.54, 1.807) is 0 Å². The van der Waals surface area contributed by atoms with E-state index in [4.69, 9.17) is 0 Å². The third-order valence-electron chi connectivity index (χ3n) is 2.74. The van der Waals surface area contributed by atoms with Gasteiger partial charge in [0, 0.05) is 13.1 Å². The van der Waals surface area contributed by atoms with Crippen molar-refractivity contribution in [1.82, 2.24) is 14.5 Å². The Morgan fingerprint density at radius 2 is 1.93 bits per heavy atom. The first kappa shape index (κ1) is 10.5. The fraction of sp³-hybridized carbons (Fsp3) is 0.700. The van der Waals surface area contributed by atoms with E-state index in [2.05, 4.69) is 9.59 Å². The number of aromatic nitrogens is 2. The number of rotatable bonds is 1. The lowest BCUT2D eigenvalue weighted by Crippen LogP contribution is -2.31. The fourth-order valence-electron chi connectivity index (χ4n) is 1.85. The van der Waals surface area contributed by atoms with Crippen LogP contribution in [-0.2, 0) is 0 Å². The second-order valence-corrected chi connectivity index (χ2v) is 4.65. The van der Waals surface area contributed by atoms with Crippen LogP contribution in [-0.4, -0.2) is 33.5 Å². The van der Waals surface area contributed by atoms with Crippen molar-refractivity contribution in [2.24, 2.45) is 0 Å². The van der Waals surface area contributed by atoms with Gasteiger partial charge in [0.25, 0.3) is 5.91 Å². The molecule has 0 radical (unpaired) electrons. The van der Waals surface area contributed by atoms with E-state index in [1.807, 2.05) is 11.8 Å². The molecule has 0 spiro atoms. The molecule has 1 aliphatic heterocycles. The first-order chi connectivity index (χ1) is 7.29. The van der Waals surface area contributed by atoms with Crippen LogP contribution in [0, 0.1) is 6.92 Å². The normalized spacial score (nSPS) is 17.5. The summed E-state index contributed by atoms with van der Waals surface area (Å²) in [7, 11) is 0. The molecule has 1 amide bonds. The van der Waals surface area contributed by atoms with Gasteiger partial charge in [-0.25, -0.2) is 0 Å². The van der Waals surface area contributed by atoms with Crippen molar-refractivity contribution in [1.29, 1.82) is 0 Å². The van der Waals surface area contributed by atoms with Crippen LogP contribution in [0.3, 0.4) is 0 Å². The summed E-state index contributed by atoms with van der Waals surface area (Å²) in [5.74, 6) is 0.115. The quantitative estimate of drug-likeness (QED) is 0.733. The molecule has 2 heterocycles. The van der Waals surface area contributed by atoms with Crippen LogP contribution in [0.5, 0.6) is 0 Å². The highest BCUT2D eigenvalue weighted by Gasteiger charge is 2.21. The van der Waals surface area contributed by atoms with Gasteiger partial charge < -0.3 is 4.90 Å². The van der Waals surface area contributed by atoms with Gasteiger partial charge in [-0.15, -0.1) is 5.10 Å². The summed E-state index contributed by atoms with van der Waals surface area (Å²) in [5.41, 5.74) is 0.759. The number of carbonyl (C=O) groups excluding carboxylic acids is 1. The molecular weight excluding hydrogens is 210 g/mol. The number of amides is 1. The molecule has 82 valence electrons. The second kappa shape index (κ2) is 4.70. The molecule has 5 heteroatoms. The molecule has 0 aliphatic carbocycles. The van der Waals surface area contributed by atoms with Gasteiger partial charge in [-0.1, -0.05) is 17.3 Å². The Labute approximate surface area is 93.5 Å². The molecule has 0 aromatic carbocycles. The van der Waals surface area contributed by atoms with Crippen molar-refractivity contribution in [3.05, 3.63) is 10.6 Å². The minimum atomic E-state index is 0.115. The molecule has 1 aromatic rings. The lowest BCUT2D eigenvalue weighted by Gasteiger charge is -2.19. The SMILES string of the molecule is Cc1nnsc1C(=O)N1CCCCCC1. The topological polar surface area (TPSA) is 46.1 Å². The lowest BCUT2D eigenvalue weighted by atomic mass is 10.2. The van der Waals surface area contributed by atoms with E-state index in [0.29, 0.717) is 4.88 Å². The zero-order valence-electron chi connectivity index (χ0n) is 8.90. The summed E-state index contributed by atoms with van der Waals surface area (Å²) in [5, 5.41) is 3.88. The van der Waals surface area contributed by atoms with E-state index >= 15 is 0 Å². The Balaban J connectivity index is 2.09. The molecule has 0 saturated carbocycles. The minimum Gasteiger partial charge on any atom is -0.338 e. The third-order valence-corrected chi connectivity index (χ3v) is 3.55. The standard InChI is InChI=1S/C10H15N3OS/c1-8-9(15-12-11-8)10(14)13-6-4-2-3-5-7-13/h2-7H2,1H3. The molecule has 0 unspecified atom stereocenters. The Kier molecular flexibility index (Phi) is 3.30. The number of carbonyl (C=O) groups is 1. The van der Waals surface area contributed by atoms with Crippen LogP contribution >= 0.6 is 11.5 Å². The van der Waals surface area contributed by atoms with E-state index < -0.39 is 0 Å². The van der Waals surface area contributed by atoms with Crippen molar-refractivity contribution >= 4 is 17.4 Å². The smallest absolute Gasteiger partial charge is 0.267 e. The Morgan fingerprint density at radius 1 is 1.27 bits per heavy atom. The van der Waals surface area contributed by atoms with Gasteiger partial charge in [0.15, 0.2) is 0 Å². The third kappa shape index (κ3) is 2.34. The zero-order chi connectivity index (χ0) is 10.7. The van der Waals surface area contributed by atoms with Crippen molar-refractivity contribution in [3.8, 4) is 0 Å². The molecule has 1 saturated heterocycles. The first-order valence-electron chi connectivity index (χ1n) is 5.37. The molecule has 0 bridgehead atoms. The van der Waals surface area contributed by atoms with Crippen LogP contribution in [0.2, 0.25) is 0 Å². The van der Waals surface area contributed by atoms with Crippen molar-refractivity contribution in [2.45, 2.75) is 32.6 Å². The molecule has 0 N–H and O–H groups in total. The summed E-state index contributed by atoms with van der Waals surface area (Å²) < 4.78 is 3.81. The lowest BCUT2D eigenvalue weighted by molar-refractivity contribution is 0.0765. The maximum absolute atomic E-state index is 12.1. The van der Waals surface area contributed by atoms with Crippen LogP contribution in [0.25, 0.3) is 0 Å². The van der Waals surface area contributed by atoms with E-state index in [9.17, 15) is 4.79 Å². The highest BCUT2D eigenvalue weighted by Crippen LogP contribution is 2.16. The number of hydrogen-bond acceptors (Lipinski definition) is 4. The van der Waals surface area contributed by atoms with E-state index in [0.717, 1.165) is 31.6 Å². The Bertz CT molecular complexity index is 342. The van der Waals surface area contributed by atoms with Gasteiger partial charge in [-0.2, -0.15) is 0 Å². The average Bonchev–Trinajstić information content (AvgIpc) is 2.53. The van der Waals surface area contributed by atoms with Gasteiger partial charge in [-0.3, -0.25) is 4.79 Å². The van der Waals surface area contributed by atoms with Gasteiger partial charge >= 0.3 is 0 Å². The number of hydrogen-bond donors (Lipinski definition) is 0. The highest BCUT2D eigenvalue weighted by molar-refractivity contribution is 7.07. The second-order valence-electron chi connectivity index (χ2n) is 3.89. The van der Waals surface area contributed by atoms with Crippen molar-refractivity contribution in [3.63, 3.8) is 0 Å². The van der Waals surface area contributed by atoms with Crippen molar-refractivity contribution < 1.29 is 4.79 Å². The monoisotopic (exact) mass is 225 g/mol. The molecule has 2 rings (SSSR count). The Morgan fingerprint density at radius 3 is 2.47 bits per heavy atom. The van der Waals surface area contributed by atoms with E-state index in [-0.39, 0.29) is 5.91 Å². The fourth-order valence-corrected chi connectivity index (χ4v) is 2.47. The predicted octanol–water partition coefficient (Wildman–Crippen LogP) is 1.86. The largest absolute Gasteiger partial charge is 0.338 e. The Hall–Kier alpha value is -0.970. The maximum atomic E-state index is 12.1. The summed E-state index contributed by atoms with van der Waals surface area (Å²) in [4.78, 5) is 14.7. The zero-order valence-corrected chi connectivity index (χ0v) is 9.72. The highest BCUT2D eigenvalue weighted by atomic mass is 32.1. The number of nitrogens with zero attached hydrogens (tertiary/aromatic N) is 3. The molecule has 4 nitrogen and oxygen atoms in total. The van der Waals surface area contributed by atoms with Crippen molar-refractivity contribution in [2.75, 3.05) is 13.1 Å². The number of likely N-dealkylation sites (tertiary alicyclic amines) is 1. The maximum Gasteiger partial charge on any atom is 0.267 e. The average molecular weight is 225 g/mol. The van der Waals surface area contributed by atoms with Gasteiger partial charge in [0.1, 0.15) is 4.88 Å². The van der Waals surface area contributed by atoms with Gasteiger partial charge in [0.2, 0.25) is 0 Å². The van der Waals surface area contributed by atoms with Gasteiger partial charge in [0.05, 0.1) is 5.69 Å². The summed E-state index contributed by atoms with van der Waals surface area (Å²) in [6.45, 7) is 3.61. The molecule has 1 aromatic heterocycles. The van der Waals surface area contributed by atoms with Crippen LogP contribution in [0.15, 0.2) is 0 Å². The first-order valence-corrected chi connectivity index (χ1v) is 6.14. The molecule has 1 fully saturated rings. The van der Waals surface area contributed by atoms with Crippen LogP contribution in [0.1, 0.15) is 41.0 Å². The molecule has 1 aliphatic rings. The minimum absolute atomic E-state index is 0.115.